The van der Waals surface area contributed by atoms with Crippen LogP contribution in [0.4, 0.5) is 0 Å². The number of rotatable bonds is 1. The van der Waals surface area contributed by atoms with Gasteiger partial charge in [0.25, 0.3) is 0 Å². The number of aryl methyl sites for hydroxylation is 2. The van der Waals surface area contributed by atoms with Crippen molar-refractivity contribution in [1.82, 2.24) is 10.2 Å². The Hall–Kier alpha value is -1.93. The number of aromatic nitrogens is 2. The standard InChI is InChI=1S/C16H13ClN2/c1-10-7-8-12(9-11(10)2)15-13-5-3-4-6-14(13)16(17)19-18-15/h3-9H,1-2H3. The van der Waals surface area contributed by atoms with Crippen LogP contribution in [0.3, 0.4) is 0 Å². The molecule has 0 radical (unpaired) electrons. The summed E-state index contributed by atoms with van der Waals surface area (Å²) in [6.07, 6.45) is 0. The fourth-order valence-corrected chi connectivity index (χ4v) is 2.38. The van der Waals surface area contributed by atoms with Crippen molar-refractivity contribution in [3.63, 3.8) is 0 Å². The van der Waals surface area contributed by atoms with Gasteiger partial charge in [-0.1, -0.05) is 48.0 Å². The van der Waals surface area contributed by atoms with Gasteiger partial charge >= 0.3 is 0 Å². The van der Waals surface area contributed by atoms with Gasteiger partial charge in [0.15, 0.2) is 5.15 Å². The van der Waals surface area contributed by atoms with E-state index in [4.69, 9.17) is 11.6 Å². The predicted octanol–water partition coefficient (Wildman–Crippen LogP) is 4.57. The minimum Gasteiger partial charge on any atom is -0.148 e. The minimum atomic E-state index is 0.447. The summed E-state index contributed by atoms with van der Waals surface area (Å²) in [5.74, 6) is 0. The van der Waals surface area contributed by atoms with Crippen molar-refractivity contribution in [3.05, 3.63) is 58.7 Å². The van der Waals surface area contributed by atoms with Gasteiger partial charge in [-0.3, -0.25) is 0 Å². The van der Waals surface area contributed by atoms with Crippen LogP contribution in [0.2, 0.25) is 5.15 Å². The number of fused-ring (bicyclic) bond motifs is 1. The van der Waals surface area contributed by atoms with Crippen molar-refractivity contribution in [2.24, 2.45) is 0 Å². The molecule has 2 nitrogen and oxygen atoms in total. The molecule has 0 bridgehead atoms. The van der Waals surface area contributed by atoms with E-state index in [1.54, 1.807) is 0 Å². The number of halogens is 1. The van der Waals surface area contributed by atoms with Crippen LogP contribution >= 0.6 is 11.6 Å². The molecule has 3 heteroatoms. The third-order valence-electron chi connectivity index (χ3n) is 3.42. The Morgan fingerprint density at radius 3 is 2.32 bits per heavy atom. The lowest BCUT2D eigenvalue weighted by Gasteiger charge is -2.08. The summed E-state index contributed by atoms with van der Waals surface area (Å²) in [5, 5.41) is 10.7. The summed E-state index contributed by atoms with van der Waals surface area (Å²) in [6.45, 7) is 4.20. The van der Waals surface area contributed by atoms with Gasteiger partial charge in [-0.25, -0.2) is 0 Å². The summed E-state index contributed by atoms with van der Waals surface area (Å²) >= 11 is 6.10. The van der Waals surface area contributed by atoms with Crippen LogP contribution in [0.15, 0.2) is 42.5 Å². The fourth-order valence-electron chi connectivity index (χ4n) is 2.17. The lowest BCUT2D eigenvalue weighted by Crippen LogP contribution is -1.92. The largest absolute Gasteiger partial charge is 0.159 e. The molecule has 2 aromatic carbocycles. The van der Waals surface area contributed by atoms with E-state index in [0.717, 1.165) is 22.0 Å². The molecular weight excluding hydrogens is 256 g/mol. The highest BCUT2D eigenvalue weighted by atomic mass is 35.5. The van der Waals surface area contributed by atoms with Gasteiger partial charge in [0, 0.05) is 16.3 Å². The van der Waals surface area contributed by atoms with Crippen LogP contribution in [0, 0.1) is 13.8 Å². The number of nitrogens with zero attached hydrogens (tertiary/aromatic N) is 2. The molecule has 1 heterocycles. The van der Waals surface area contributed by atoms with Crippen LogP contribution in [0.25, 0.3) is 22.0 Å². The third-order valence-corrected chi connectivity index (χ3v) is 3.70. The molecule has 3 aromatic rings. The van der Waals surface area contributed by atoms with Gasteiger partial charge in [0.1, 0.15) is 5.69 Å². The Morgan fingerprint density at radius 1 is 0.842 bits per heavy atom. The second kappa shape index (κ2) is 4.63. The van der Waals surface area contributed by atoms with Gasteiger partial charge in [0.05, 0.1) is 0 Å². The van der Waals surface area contributed by atoms with Crippen molar-refractivity contribution < 1.29 is 0 Å². The molecule has 0 saturated heterocycles. The maximum atomic E-state index is 6.10. The molecule has 1 aromatic heterocycles. The summed E-state index contributed by atoms with van der Waals surface area (Å²) in [6, 6.07) is 14.3. The first-order valence-electron chi connectivity index (χ1n) is 6.15. The van der Waals surface area contributed by atoms with E-state index in [1.807, 2.05) is 24.3 Å². The molecule has 0 N–H and O–H groups in total. The molecule has 94 valence electrons. The second-order valence-electron chi connectivity index (χ2n) is 4.68. The molecule has 0 aliphatic rings. The van der Waals surface area contributed by atoms with Gasteiger partial charge in [-0.2, -0.15) is 0 Å². The third kappa shape index (κ3) is 2.08. The Kier molecular flexibility index (Phi) is 2.96. The maximum absolute atomic E-state index is 6.10. The highest BCUT2D eigenvalue weighted by Gasteiger charge is 2.09. The molecule has 3 rings (SSSR count). The lowest BCUT2D eigenvalue weighted by atomic mass is 10.0. The summed E-state index contributed by atoms with van der Waals surface area (Å²) < 4.78 is 0. The molecule has 0 saturated carbocycles. The normalized spacial score (nSPS) is 10.9. The topological polar surface area (TPSA) is 25.8 Å². The van der Waals surface area contributed by atoms with E-state index in [2.05, 4.69) is 42.2 Å². The van der Waals surface area contributed by atoms with Crippen molar-refractivity contribution >= 4 is 22.4 Å². The van der Waals surface area contributed by atoms with E-state index in [-0.39, 0.29) is 0 Å². The minimum absolute atomic E-state index is 0.447. The summed E-state index contributed by atoms with van der Waals surface area (Å²) in [7, 11) is 0. The van der Waals surface area contributed by atoms with E-state index in [0.29, 0.717) is 5.15 Å². The first-order chi connectivity index (χ1) is 9.16. The van der Waals surface area contributed by atoms with Crippen molar-refractivity contribution in [1.29, 1.82) is 0 Å². The SMILES string of the molecule is Cc1ccc(-c2nnc(Cl)c3ccccc23)cc1C. The van der Waals surface area contributed by atoms with Crippen molar-refractivity contribution in [2.45, 2.75) is 13.8 Å². The second-order valence-corrected chi connectivity index (χ2v) is 5.04. The predicted molar refractivity (Wildman–Crippen MR) is 79.5 cm³/mol. The molecular formula is C16H13ClN2. The van der Waals surface area contributed by atoms with Gasteiger partial charge in [0.2, 0.25) is 0 Å². The van der Waals surface area contributed by atoms with E-state index in [9.17, 15) is 0 Å². The summed E-state index contributed by atoms with van der Waals surface area (Å²) in [4.78, 5) is 0. The van der Waals surface area contributed by atoms with Crippen LogP contribution in [-0.2, 0) is 0 Å². The highest BCUT2D eigenvalue weighted by Crippen LogP contribution is 2.30. The Balaban J connectivity index is 2.31. The van der Waals surface area contributed by atoms with Crippen LogP contribution in [-0.4, -0.2) is 10.2 Å². The lowest BCUT2D eigenvalue weighted by molar-refractivity contribution is 1.06. The van der Waals surface area contributed by atoms with Crippen LogP contribution in [0.1, 0.15) is 11.1 Å². The number of benzene rings is 2. The van der Waals surface area contributed by atoms with E-state index < -0.39 is 0 Å². The van der Waals surface area contributed by atoms with Crippen molar-refractivity contribution in [2.75, 3.05) is 0 Å². The zero-order valence-electron chi connectivity index (χ0n) is 10.8. The molecule has 19 heavy (non-hydrogen) atoms. The van der Waals surface area contributed by atoms with Crippen molar-refractivity contribution in [3.8, 4) is 11.3 Å². The smallest absolute Gasteiger partial charge is 0.148 e. The van der Waals surface area contributed by atoms with Gasteiger partial charge < -0.3 is 0 Å². The van der Waals surface area contributed by atoms with E-state index >= 15 is 0 Å². The quantitative estimate of drug-likeness (QED) is 0.646. The number of hydrogen-bond donors (Lipinski definition) is 0. The summed E-state index contributed by atoms with van der Waals surface area (Å²) in [5.41, 5.74) is 4.47. The molecule has 0 aliphatic heterocycles. The fraction of sp³-hybridized carbons (Fsp3) is 0.125. The Morgan fingerprint density at radius 2 is 1.58 bits per heavy atom. The zero-order chi connectivity index (χ0) is 13.4. The maximum Gasteiger partial charge on any atom is 0.159 e. The zero-order valence-corrected chi connectivity index (χ0v) is 11.6. The molecule has 0 amide bonds. The number of hydrogen-bond acceptors (Lipinski definition) is 2. The van der Waals surface area contributed by atoms with Crippen LogP contribution < -0.4 is 0 Å². The monoisotopic (exact) mass is 268 g/mol. The molecule has 0 spiro atoms. The van der Waals surface area contributed by atoms with Crippen LogP contribution in [0.5, 0.6) is 0 Å². The molecule has 0 fully saturated rings. The molecule has 0 aliphatic carbocycles. The van der Waals surface area contributed by atoms with E-state index in [1.165, 1.54) is 11.1 Å². The average Bonchev–Trinajstić information content (AvgIpc) is 2.43. The molecule has 0 atom stereocenters. The first-order valence-corrected chi connectivity index (χ1v) is 6.53. The van der Waals surface area contributed by atoms with Gasteiger partial charge in [-0.15, -0.1) is 10.2 Å². The Bertz CT molecular complexity index is 766. The molecule has 0 unspecified atom stereocenters. The first kappa shape index (κ1) is 12.1. The van der Waals surface area contributed by atoms with Gasteiger partial charge in [-0.05, 0) is 31.0 Å². The Labute approximate surface area is 117 Å². The highest BCUT2D eigenvalue weighted by molar-refractivity contribution is 6.34. The average molecular weight is 269 g/mol.